The lowest BCUT2D eigenvalue weighted by Crippen LogP contribution is -2.49. The molecule has 2 saturated carbocycles. The van der Waals surface area contributed by atoms with Gasteiger partial charge < -0.3 is 11.1 Å². The van der Waals surface area contributed by atoms with Crippen LogP contribution in [-0.4, -0.2) is 18.1 Å². The van der Waals surface area contributed by atoms with Gasteiger partial charge >= 0.3 is 0 Å². The second-order valence-corrected chi connectivity index (χ2v) is 6.15. The second-order valence-electron chi connectivity index (χ2n) is 6.15. The van der Waals surface area contributed by atoms with E-state index in [1.54, 1.807) is 0 Å². The number of fused-ring (bicyclic) bond motifs is 1. The maximum atomic E-state index is 5.83. The van der Waals surface area contributed by atoms with Crippen molar-refractivity contribution in [3.63, 3.8) is 0 Å². The third-order valence-electron chi connectivity index (χ3n) is 4.62. The Balaban J connectivity index is 1.47. The van der Waals surface area contributed by atoms with Crippen molar-refractivity contribution in [2.24, 2.45) is 5.73 Å². The van der Waals surface area contributed by atoms with Crippen LogP contribution in [0.1, 0.15) is 30.7 Å². The van der Waals surface area contributed by atoms with Gasteiger partial charge in [0.2, 0.25) is 0 Å². The highest BCUT2D eigenvalue weighted by molar-refractivity contribution is 5.83. The second kappa shape index (κ2) is 4.32. The van der Waals surface area contributed by atoms with E-state index < -0.39 is 0 Å². The van der Waals surface area contributed by atoms with Crippen molar-refractivity contribution in [3.05, 3.63) is 48.0 Å². The monoisotopic (exact) mass is 252 g/mol. The number of benzene rings is 2. The van der Waals surface area contributed by atoms with Gasteiger partial charge in [-0.25, -0.2) is 0 Å². The first-order chi connectivity index (χ1) is 9.29. The number of rotatable bonds is 3. The fourth-order valence-electron chi connectivity index (χ4n) is 3.29. The van der Waals surface area contributed by atoms with E-state index in [1.165, 1.54) is 22.8 Å². The first-order valence-electron chi connectivity index (χ1n) is 7.30. The molecule has 2 fully saturated rings. The van der Waals surface area contributed by atoms with Crippen molar-refractivity contribution < 1.29 is 0 Å². The minimum absolute atomic E-state index is 0.440. The summed E-state index contributed by atoms with van der Waals surface area (Å²) in [6.07, 6.45) is 3.59. The van der Waals surface area contributed by atoms with Gasteiger partial charge in [-0.05, 0) is 35.6 Å². The van der Waals surface area contributed by atoms with Crippen molar-refractivity contribution >= 4 is 10.8 Å². The molecule has 0 unspecified atom stereocenters. The van der Waals surface area contributed by atoms with Crippen LogP contribution in [0.4, 0.5) is 0 Å². The standard InChI is InChI=1S/C17H20N2/c18-14-8-15(9-14)19-17-10-16(17)13-6-5-11-3-1-2-4-12(11)7-13/h1-7,14-17,19H,8-10,18H2/t14?,15?,16-,17+/m1/s1. The van der Waals surface area contributed by atoms with E-state index in [4.69, 9.17) is 5.73 Å². The Bertz CT molecular complexity index is 601. The van der Waals surface area contributed by atoms with Crippen LogP contribution in [-0.2, 0) is 0 Å². The predicted molar refractivity (Wildman–Crippen MR) is 79.2 cm³/mol. The maximum Gasteiger partial charge on any atom is 0.0145 e. The molecule has 0 spiro atoms. The molecular formula is C17H20N2. The molecule has 0 bridgehead atoms. The summed E-state index contributed by atoms with van der Waals surface area (Å²) in [7, 11) is 0. The number of hydrogen-bond acceptors (Lipinski definition) is 2. The summed E-state index contributed by atoms with van der Waals surface area (Å²) in [5, 5.41) is 6.43. The third kappa shape index (κ3) is 2.15. The fraction of sp³-hybridized carbons (Fsp3) is 0.412. The average molecular weight is 252 g/mol. The van der Waals surface area contributed by atoms with Gasteiger partial charge in [0, 0.05) is 24.0 Å². The highest BCUT2D eigenvalue weighted by atomic mass is 15.0. The Morgan fingerprint density at radius 3 is 2.53 bits per heavy atom. The van der Waals surface area contributed by atoms with Crippen LogP contribution >= 0.6 is 0 Å². The molecule has 0 amide bonds. The molecule has 0 aromatic heterocycles. The van der Waals surface area contributed by atoms with Gasteiger partial charge in [-0.2, -0.15) is 0 Å². The molecule has 0 heterocycles. The number of nitrogens with one attached hydrogen (secondary N) is 1. The third-order valence-corrected chi connectivity index (χ3v) is 4.62. The molecule has 2 aliphatic rings. The summed E-state index contributed by atoms with van der Waals surface area (Å²) in [6, 6.07) is 17.3. The molecule has 0 saturated heterocycles. The lowest BCUT2D eigenvalue weighted by Gasteiger charge is -2.33. The van der Waals surface area contributed by atoms with Gasteiger partial charge in [-0.1, -0.05) is 42.5 Å². The van der Waals surface area contributed by atoms with Crippen molar-refractivity contribution in [3.8, 4) is 0 Å². The Kier molecular flexibility index (Phi) is 2.61. The van der Waals surface area contributed by atoms with Gasteiger partial charge in [0.25, 0.3) is 0 Å². The largest absolute Gasteiger partial charge is 0.328 e. The minimum Gasteiger partial charge on any atom is -0.328 e. The maximum absolute atomic E-state index is 5.83. The van der Waals surface area contributed by atoms with E-state index in [0.717, 1.165) is 12.8 Å². The lowest BCUT2D eigenvalue weighted by atomic mass is 9.87. The Morgan fingerprint density at radius 1 is 0.947 bits per heavy atom. The molecule has 2 atom stereocenters. The molecule has 98 valence electrons. The lowest BCUT2D eigenvalue weighted by molar-refractivity contribution is 0.289. The molecule has 2 heteroatoms. The molecule has 2 aliphatic carbocycles. The van der Waals surface area contributed by atoms with Crippen LogP contribution in [0.15, 0.2) is 42.5 Å². The van der Waals surface area contributed by atoms with Gasteiger partial charge in [-0.3, -0.25) is 0 Å². The normalized spacial score (nSPS) is 33.1. The topological polar surface area (TPSA) is 38.0 Å². The highest BCUT2D eigenvalue weighted by Gasteiger charge is 2.41. The zero-order chi connectivity index (χ0) is 12.8. The molecule has 19 heavy (non-hydrogen) atoms. The van der Waals surface area contributed by atoms with Crippen molar-refractivity contribution in [1.82, 2.24) is 5.32 Å². The molecule has 4 rings (SSSR count). The zero-order valence-corrected chi connectivity index (χ0v) is 11.0. The first kappa shape index (κ1) is 11.4. The van der Waals surface area contributed by atoms with Crippen molar-refractivity contribution in [1.29, 1.82) is 0 Å². The summed E-state index contributed by atoms with van der Waals surface area (Å²) >= 11 is 0. The Labute approximate surface area is 114 Å². The molecular weight excluding hydrogens is 232 g/mol. The smallest absolute Gasteiger partial charge is 0.0145 e. The van der Waals surface area contributed by atoms with Gasteiger partial charge in [0.1, 0.15) is 0 Å². The fourth-order valence-corrected chi connectivity index (χ4v) is 3.29. The summed E-state index contributed by atoms with van der Waals surface area (Å²) in [5.41, 5.74) is 7.32. The van der Waals surface area contributed by atoms with Crippen LogP contribution in [0.2, 0.25) is 0 Å². The Morgan fingerprint density at radius 2 is 1.74 bits per heavy atom. The summed E-state index contributed by atoms with van der Waals surface area (Å²) in [6.45, 7) is 0. The summed E-state index contributed by atoms with van der Waals surface area (Å²) in [5.74, 6) is 0.710. The van der Waals surface area contributed by atoms with Crippen molar-refractivity contribution in [2.75, 3.05) is 0 Å². The summed E-state index contributed by atoms with van der Waals surface area (Å²) in [4.78, 5) is 0. The van der Waals surface area contributed by atoms with E-state index in [2.05, 4.69) is 47.8 Å². The quantitative estimate of drug-likeness (QED) is 0.881. The van der Waals surface area contributed by atoms with E-state index in [-0.39, 0.29) is 0 Å². The first-order valence-corrected chi connectivity index (χ1v) is 7.30. The van der Waals surface area contributed by atoms with Crippen LogP contribution in [0.5, 0.6) is 0 Å². The molecule has 3 N–H and O–H groups in total. The molecule has 2 nitrogen and oxygen atoms in total. The minimum atomic E-state index is 0.440. The zero-order valence-electron chi connectivity index (χ0n) is 11.0. The number of nitrogens with two attached hydrogens (primary N) is 1. The number of hydrogen-bond donors (Lipinski definition) is 2. The van der Waals surface area contributed by atoms with Gasteiger partial charge in [0.05, 0.1) is 0 Å². The Hall–Kier alpha value is -1.38. The van der Waals surface area contributed by atoms with Gasteiger partial charge in [-0.15, -0.1) is 0 Å². The van der Waals surface area contributed by atoms with Crippen molar-refractivity contribution in [2.45, 2.75) is 43.3 Å². The van der Waals surface area contributed by atoms with E-state index in [0.29, 0.717) is 24.0 Å². The molecule has 0 aliphatic heterocycles. The van der Waals surface area contributed by atoms with Crippen LogP contribution < -0.4 is 11.1 Å². The SMILES string of the molecule is NC1CC(N[C@H]2C[C@@H]2c2ccc3ccccc3c2)C1. The van der Waals surface area contributed by atoms with E-state index >= 15 is 0 Å². The molecule has 0 radical (unpaired) electrons. The van der Waals surface area contributed by atoms with Crippen LogP contribution in [0.25, 0.3) is 10.8 Å². The summed E-state index contributed by atoms with van der Waals surface area (Å²) < 4.78 is 0. The van der Waals surface area contributed by atoms with E-state index in [1.807, 2.05) is 0 Å². The van der Waals surface area contributed by atoms with Crippen LogP contribution in [0.3, 0.4) is 0 Å². The molecule has 2 aromatic carbocycles. The average Bonchev–Trinajstić information content (AvgIpc) is 3.16. The molecule has 2 aromatic rings. The van der Waals surface area contributed by atoms with Gasteiger partial charge in [0.15, 0.2) is 0 Å². The predicted octanol–water partition coefficient (Wildman–Crippen LogP) is 2.78. The van der Waals surface area contributed by atoms with Crippen LogP contribution in [0, 0.1) is 0 Å². The highest BCUT2D eigenvalue weighted by Crippen LogP contribution is 2.42. The van der Waals surface area contributed by atoms with E-state index in [9.17, 15) is 0 Å².